The van der Waals surface area contributed by atoms with Crippen molar-refractivity contribution in [1.82, 2.24) is 0 Å². The van der Waals surface area contributed by atoms with E-state index >= 15 is 0 Å². The van der Waals surface area contributed by atoms with Crippen LogP contribution in [0.4, 0.5) is 0 Å². The van der Waals surface area contributed by atoms with Gasteiger partial charge in [0.05, 0.1) is 19.8 Å². The summed E-state index contributed by atoms with van der Waals surface area (Å²) in [4.78, 5) is 25.6. The van der Waals surface area contributed by atoms with E-state index in [1.807, 2.05) is 0 Å². The van der Waals surface area contributed by atoms with Crippen molar-refractivity contribution < 1.29 is 73.8 Å². The van der Waals surface area contributed by atoms with Crippen LogP contribution in [0.5, 0.6) is 0 Å². The molecule has 2 heterocycles. The van der Waals surface area contributed by atoms with E-state index < -0.39 is 92.7 Å². The summed E-state index contributed by atoms with van der Waals surface area (Å²) < 4.78 is 33.5. The lowest BCUT2D eigenvalue weighted by molar-refractivity contribution is -0.332. The van der Waals surface area contributed by atoms with Crippen molar-refractivity contribution in [2.75, 3.05) is 26.4 Å². The van der Waals surface area contributed by atoms with Crippen molar-refractivity contribution >= 4 is 11.9 Å². The molecule has 2 aliphatic heterocycles. The highest BCUT2D eigenvalue weighted by Gasteiger charge is 2.47. The molecule has 15 nitrogen and oxygen atoms in total. The molecule has 11 unspecified atom stereocenters. The van der Waals surface area contributed by atoms with Gasteiger partial charge in [-0.25, -0.2) is 0 Å². The van der Waals surface area contributed by atoms with Gasteiger partial charge in [0.15, 0.2) is 18.7 Å². The molecule has 0 aliphatic carbocycles. The molecule has 358 valence electrons. The summed E-state index contributed by atoms with van der Waals surface area (Å²) in [6.45, 7) is 2.56. The molecule has 15 heteroatoms. The Hall–Kier alpha value is -1.76. The van der Waals surface area contributed by atoms with Crippen LogP contribution in [-0.4, -0.2) is 142 Å². The minimum Gasteiger partial charge on any atom is -0.462 e. The molecular weight excluding hydrogens is 792 g/mol. The largest absolute Gasteiger partial charge is 0.462 e. The number of aliphatic hydroxyl groups is 7. The Kier molecular flexibility index (Phi) is 31.4. The van der Waals surface area contributed by atoms with Crippen LogP contribution in [0.1, 0.15) is 174 Å². The van der Waals surface area contributed by atoms with Crippen LogP contribution >= 0.6 is 0 Å². The number of ether oxygens (including phenoxy) is 6. The van der Waals surface area contributed by atoms with Crippen molar-refractivity contribution in [3.8, 4) is 0 Å². The van der Waals surface area contributed by atoms with E-state index in [2.05, 4.69) is 26.0 Å². The van der Waals surface area contributed by atoms with Gasteiger partial charge in [-0.2, -0.15) is 0 Å². The molecule has 0 bridgehead atoms. The van der Waals surface area contributed by atoms with Crippen LogP contribution in [0.15, 0.2) is 12.2 Å². The number of carbonyl (C=O) groups is 2. The van der Waals surface area contributed by atoms with E-state index in [9.17, 15) is 45.3 Å². The molecule has 11 atom stereocenters. The van der Waals surface area contributed by atoms with Crippen LogP contribution in [-0.2, 0) is 38.0 Å². The lowest BCUT2D eigenvalue weighted by Crippen LogP contribution is -2.61. The zero-order valence-electron chi connectivity index (χ0n) is 37.4. The van der Waals surface area contributed by atoms with Gasteiger partial charge < -0.3 is 64.2 Å². The molecule has 61 heavy (non-hydrogen) atoms. The Labute approximate surface area is 365 Å². The van der Waals surface area contributed by atoms with Crippen LogP contribution in [0.25, 0.3) is 0 Å². The van der Waals surface area contributed by atoms with Gasteiger partial charge in [-0.1, -0.05) is 135 Å². The zero-order valence-corrected chi connectivity index (χ0v) is 37.4. The SMILES string of the molecule is CCCCCCC/C=C\CCCCCCCC(=O)OC(COC(=O)CCCCCCCCCCCCC)COC1OC(COC2OC(CO)C(O)C(O)C2O)C(O)C(O)C1O. The van der Waals surface area contributed by atoms with Gasteiger partial charge in [0, 0.05) is 12.8 Å². The second kappa shape index (κ2) is 34.6. The zero-order chi connectivity index (χ0) is 44.7. The first-order valence-electron chi connectivity index (χ1n) is 23.8. The van der Waals surface area contributed by atoms with Gasteiger partial charge in [0.2, 0.25) is 0 Å². The van der Waals surface area contributed by atoms with Gasteiger partial charge in [0.25, 0.3) is 0 Å². The summed E-state index contributed by atoms with van der Waals surface area (Å²) in [5.41, 5.74) is 0. The van der Waals surface area contributed by atoms with E-state index in [-0.39, 0.29) is 26.1 Å². The van der Waals surface area contributed by atoms with Crippen molar-refractivity contribution in [2.45, 2.75) is 242 Å². The number of rotatable bonds is 36. The second-order valence-corrected chi connectivity index (χ2v) is 16.9. The predicted molar refractivity (Wildman–Crippen MR) is 229 cm³/mol. The maximum atomic E-state index is 12.9. The van der Waals surface area contributed by atoms with Crippen LogP contribution in [0.2, 0.25) is 0 Å². The first-order chi connectivity index (χ1) is 29.5. The summed E-state index contributed by atoms with van der Waals surface area (Å²) in [6.07, 6.45) is 13.9. The first-order valence-corrected chi connectivity index (χ1v) is 23.8. The van der Waals surface area contributed by atoms with E-state index in [0.717, 1.165) is 57.8 Å². The predicted octanol–water partition coefficient (Wildman–Crippen LogP) is 5.43. The maximum Gasteiger partial charge on any atom is 0.306 e. The highest BCUT2D eigenvalue weighted by Crippen LogP contribution is 2.26. The van der Waals surface area contributed by atoms with E-state index in [1.54, 1.807) is 0 Å². The van der Waals surface area contributed by atoms with Crippen molar-refractivity contribution in [1.29, 1.82) is 0 Å². The summed E-state index contributed by atoms with van der Waals surface area (Å²) in [7, 11) is 0. The van der Waals surface area contributed by atoms with Gasteiger partial charge >= 0.3 is 11.9 Å². The molecule has 2 saturated heterocycles. The van der Waals surface area contributed by atoms with Gasteiger partial charge in [-0.3, -0.25) is 9.59 Å². The summed E-state index contributed by atoms with van der Waals surface area (Å²) in [5, 5.41) is 71.9. The lowest BCUT2D eigenvalue weighted by atomic mass is 9.98. The van der Waals surface area contributed by atoms with Crippen LogP contribution in [0.3, 0.4) is 0 Å². The number of esters is 2. The molecule has 0 radical (unpaired) electrons. The third kappa shape index (κ3) is 23.7. The smallest absolute Gasteiger partial charge is 0.306 e. The Bertz CT molecular complexity index is 1120. The van der Waals surface area contributed by atoms with Crippen LogP contribution in [0, 0.1) is 0 Å². The molecule has 7 N–H and O–H groups in total. The highest BCUT2D eigenvalue weighted by molar-refractivity contribution is 5.70. The average Bonchev–Trinajstić information content (AvgIpc) is 3.25. The lowest BCUT2D eigenvalue weighted by Gasteiger charge is -2.42. The molecule has 2 aliphatic rings. The Balaban J connectivity index is 1.85. The number of unbranched alkanes of at least 4 members (excludes halogenated alkanes) is 20. The minimum atomic E-state index is -1.76. The van der Waals surface area contributed by atoms with Gasteiger partial charge in [0.1, 0.15) is 55.4 Å². The molecule has 2 fully saturated rings. The summed E-state index contributed by atoms with van der Waals surface area (Å²) in [6, 6.07) is 0. The Morgan fingerprint density at radius 2 is 0.934 bits per heavy atom. The normalized spacial score (nSPS) is 27.4. The minimum absolute atomic E-state index is 0.159. The molecular formula is C46H84O15. The van der Waals surface area contributed by atoms with E-state index in [0.29, 0.717) is 12.8 Å². The Morgan fingerprint density at radius 1 is 0.508 bits per heavy atom. The topological polar surface area (TPSA) is 231 Å². The van der Waals surface area contributed by atoms with Gasteiger partial charge in [-0.15, -0.1) is 0 Å². The molecule has 0 saturated carbocycles. The number of hydrogen-bond donors (Lipinski definition) is 7. The van der Waals surface area contributed by atoms with Crippen molar-refractivity contribution in [2.24, 2.45) is 0 Å². The number of allylic oxidation sites excluding steroid dienone is 2. The third-order valence-electron chi connectivity index (χ3n) is 11.5. The number of carbonyl (C=O) groups excluding carboxylic acids is 2. The molecule has 0 aromatic carbocycles. The van der Waals surface area contributed by atoms with Gasteiger partial charge in [-0.05, 0) is 38.5 Å². The fourth-order valence-electron chi connectivity index (χ4n) is 7.50. The number of hydrogen-bond acceptors (Lipinski definition) is 15. The fraction of sp³-hybridized carbons (Fsp3) is 0.913. The molecule has 0 amide bonds. The molecule has 2 rings (SSSR count). The van der Waals surface area contributed by atoms with Crippen molar-refractivity contribution in [3.05, 3.63) is 12.2 Å². The summed E-state index contributed by atoms with van der Waals surface area (Å²) >= 11 is 0. The van der Waals surface area contributed by atoms with E-state index in [1.165, 1.54) is 77.0 Å². The molecule has 0 spiro atoms. The first kappa shape index (κ1) is 55.4. The monoisotopic (exact) mass is 877 g/mol. The Morgan fingerprint density at radius 3 is 1.44 bits per heavy atom. The third-order valence-corrected chi connectivity index (χ3v) is 11.5. The average molecular weight is 877 g/mol. The molecule has 0 aromatic heterocycles. The fourth-order valence-corrected chi connectivity index (χ4v) is 7.50. The van der Waals surface area contributed by atoms with E-state index in [4.69, 9.17) is 28.4 Å². The quantitative estimate of drug-likeness (QED) is 0.0236. The highest BCUT2D eigenvalue weighted by atomic mass is 16.7. The second-order valence-electron chi connectivity index (χ2n) is 16.9. The summed E-state index contributed by atoms with van der Waals surface area (Å²) in [5.74, 6) is -0.931. The molecule has 0 aromatic rings. The number of aliphatic hydroxyl groups excluding tert-OH is 7. The maximum absolute atomic E-state index is 12.9. The van der Waals surface area contributed by atoms with Crippen LogP contribution < -0.4 is 0 Å². The van der Waals surface area contributed by atoms with Crippen molar-refractivity contribution in [3.63, 3.8) is 0 Å². The standard InChI is InChI=1S/C46H84O15/c1-3-5-7-9-11-13-15-16-17-19-21-23-25-27-29-38(49)59-34(31-56-37(48)28-26-24-22-20-18-14-12-10-8-6-4-2)32-57-45-44(55)42(53)40(51)36(61-45)33-58-46-43(54)41(52)39(50)35(30-47)60-46/h15-16,34-36,39-47,50-55H,3-14,17-33H2,1-2H3/b16-15-.